The minimum Gasteiger partial charge on any atom is -0.385 e. The zero-order valence-electron chi connectivity index (χ0n) is 12.0. The molecule has 3 rings (SSSR count). The van der Waals surface area contributed by atoms with Gasteiger partial charge in [0.1, 0.15) is 11.6 Å². The summed E-state index contributed by atoms with van der Waals surface area (Å²) in [5.41, 5.74) is 4.71. The Balaban J connectivity index is 2.10. The van der Waals surface area contributed by atoms with E-state index in [1.807, 2.05) is 39.0 Å². The highest BCUT2D eigenvalue weighted by molar-refractivity contribution is 6.19. The van der Waals surface area contributed by atoms with Crippen LogP contribution in [0.5, 0.6) is 0 Å². The van der Waals surface area contributed by atoms with Gasteiger partial charge in [0, 0.05) is 12.6 Å². The molecule has 0 radical (unpaired) electrons. The van der Waals surface area contributed by atoms with Crippen LogP contribution in [0, 0.1) is 19.8 Å². The summed E-state index contributed by atoms with van der Waals surface area (Å²) in [7, 11) is 1.67. The van der Waals surface area contributed by atoms with Crippen molar-refractivity contribution in [3.8, 4) is 0 Å². The van der Waals surface area contributed by atoms with Gasteiger partial charge in [0.05, 0.1) is 5.71 Å². The molecule has 0 N–H and O–H groups in total. The average molecular weight is 271 g/mol. The van der Waals surface area contributed by atoms with E-state index in [0.29, 0.717) is 0 Å². The molecule has 20 heavy (non-hydrogen) atoms. The zero-order valence-corrected chi connectivity index (χ0v) is 12.0. The van der Waals surface area contributed by atoms with Crippen LogP contribution in [-0.2, 0) is 9.63 Å². The summed E-state index contributed by atoms with van der Waals surface area (Å²) in [6, 6.07) is 6.05. The number of aryl methyl sites for hydroxylation is 2. The third kappa shape index (κ3) is 1.73. The molecule has 0 unspecified atom stereocenters. The molecule has 104 valence electrons. The van der Waals surface area contributed by atoms with Crippen molar-refractivity contribution in [1.29, 1.82) is 0 Å². The van der Waals surface area contributed by atoms with Gasteiger partial charge in [0.25, 0.3) is 5.91 Å². The number of hydrogen-bond donors (Lipinski definition) is 0. The van der Waals surface area contributed by atoms with Gasteiger partial charge in [-0.2, -0.15) is 5.10 Å². The highest BCUT2D eigenvalue weighted by Crippen LogP contribution is 2.31. The van der Waals surface area contributed by atoms with E-state index in [1.165, 1.54) is 5.01 Å². The first-order chi connectivity index (χ1) is 9.50. The monoisotopic (exact) mass is 271 g/mol. The number of nitrogens with zero attached hydrogens (tertiary/aromatic N) is 3. The number of fused-ring (bicyclic) bond motifs is 1. The second-order valence-electron chi connectivity index (χ2n) is 5.35. The molecule has 5 heteroatoms. The Kier molecular flexibility index (Phi) is 2.85. The van der Waals surface area contributed by atoms with Crippen LogP contribution in [0.25, 0.3) is 0 Å². The molecule has 2 heterocycles. The van der Waals surface area contributed by atoms with Crippen molar-refractivity contribution in [2.45, 2.75) is 26.9 Å². The molecule has 0 aromatic heterocycles. The normalized spacial score (nSPS) is 25.0. The molecule has 0 fully saturated rings. The third-order valence-electron chi connectivity index (χ3n) is 3.90. The highest BCUT2D eigenvalue weighted by atomic mass is 16.6. The summed E-state index contributed by atoms with van der Waals surface area (Å²) in [5.74, 6) is -0.461. The van der Waals surface area contributed by atoms with Gasteiger partial charge in [0.2, 0.25) is 0 Å². The number of rotatable bonds is 1. The Morgan fingerprint density at radius 1 is 1.20 bits per heavy atom. The highest BCUT2D eigenvalue weighted by Gasteiger charge is 2.47. The van der Waals surface area contributed by atoms with Crippen LogP contribution in [0.1, 0.15) is 23.6 Å². The van der Waals surface area contributed by atoms with Gasteiger partial charge in [0.15, 0.2) is 6.10 Å². The Bertz CT molecular complexity index is 628. The molecule has 0 spiro atoms. The largest absolute Gasteiger partial charge is 0.385 e. The summed E-state index contributed by atoms with van der Waals surface area (Å²) >= 11 is 0. The van der Waals surface area contributed by atoms with E-state index in [2.05, 4.69) is 10.3 Å². The second-order valence-corrected chi connectivity index (χ2v) is 5.35. The van der Waals surface area contributed by atoms with E-state index < -0.39 is 5.92 Å². The number of amides is 1. The van der Waals surface area contributed by atoms with E-state index in [-0.39, 0.29) is 12.0 Å². The lowest BCUT2D eigenvalue weighted by Crippen LogP contribution is -2.47. The van der Waals surface area contributed by atoms with Crippen LogP contribution in [0.2, 0.25) is 0 Å². The van der Waals surface area contributed by atoms with Crippen molar-refractivity contribution in [2.75, 3.05) is 7.05 Å². The number of carbonyl (C=O) groups excluding carboxylic acids is 1. The lowest BCUT2D eigenvalue weighted by atomic mass is 9.85. The molecule has 1 amide bonds. The molecule has 1 aromatic rings. The molecule has 0 aliphatic carbocycles. The van der Waals surface area contributed by atoms with Crippen molar-refractivity contribution in [1.82, 2.24) is 5.01 Å². The van der Waals surface area contributed by atoms with Crippen molar-refractivity contribution < 1.29 is 9.63 Å². The van der Waals surface area contributed by atoms with Crippen molar-refractivity contribution in [3.05, 3.63) is 34.9 Å². The van der Waals surface area contributed by atoms with E-state index >= 15 is 0 Å². The van der Waals surface area contributed by atoms with Gasteiger partial charge in [-0.05, 0) is 31.9 Å². The Morgan fingerprint density at radius 2 is 1.85 bits per heavy atom. The van der Waals surface area contributed by atoms with Crippen LogP contribution in [0.4, 0.5) is 0 Å². The number of hydrazone groups is 1. The fourth-order valence-corrected chi connectivity index (χ4v) is 2.90. The maximum atomic E-state index is 12.4. The number of benzene rings is 1. The lowest BCUT2D eigenvalue weighted by Gasteiger charge is -2.27. The summed E-state index contributed by atoms with van der Waals surface area (Å²) in [4.78, 5) is 17.9. The number of hydrogen-bond acceptors (Lipinski definition) is 4. The lowest BCUT2D eigenvalue weighted by molar-refractivity contribution is -0.135. The third-order valence-corrected chi connectivity index (χ3v) is 3.90. The zero-order chi connectivity index (χ0) is 14.4. The van der Waals surface area contributed by atoms with E-state index in [1.54, 1.807) is 7.05 Å². The number of carbonyl (C=O) groups is 1. The predicted octanol–water partition coefficient (Wildman–Crippen LogP) is 1.87. The fraction of sp³-hybridized carbons (Fsp3) is 0.400. The molecule has 2 atom stereocenters. The molecule has 5 nitrogen and oxygen atoms in total. The minimum absolute atomic E-state index is 0.0699. The van der Waals surface area contributed by atoms with Gasteiger partial charge in [-0.1, -0.05) is 23.4 Å². The summed E-state index contributed by atoms with van der Waals surface area (Å²) in [6.07, 6.45) is -0.368. The molecule has 1 aromatic carbocycles. The molecule has 2 aliphatic heterocycles. The Labute approximate surface area is 117 Å². The summed E-state index contributed by atoms with van der Waals surface area (Å²) < 4.78 is 0. The number of oxime groups is 1. The quantitative estimate of drug-likeness (QED) is 0.783. The van der Waals surface area contributed by atoms with Crippen LogP contribution in [0.15, 0.2) is 28.5 Å². The fourth-order valence-electron chi connectivity index (χ4n) is 2.90. The van der Waals surface area contributed by atoms with E-state index in [9.17, 15) is 4.79 Å². The van der Waals surface area contributed by atoms with E-state index in [4.69, 9.17) is 4.84 Å². The minimum atomic E-state index is -0.391. The second kappa shape index (κ2) is 4.44. The van der Waals surface area contributed by atoms with Crippen molar-refractivity contribution >= 4 is 17.3 Å². The topological polar surface area (TPSA) is 54.3 Å². The van der Waals surface area contributed by atoms with Crippen LogP contribution >= 0.6 is 0 Å². The van der Waals surface area contributed by atoms with Gasteiger partial charge in [-0.15, -0.1) is 0 Å². The molecule has 0 bridgehead atoms. The first kappa shape index (κ1) is 12.8. The van der Waals surface area contributed by atoms with Crippen LogP contribution in [-0.4, -0.2) is 35.5 Å². The average Bonchev–Trinajstić information content (AvgIpc) is 2.81. The molecular weight excluding hydrogens is 254 g/mol. The van der Waals surface area contributed by atoms with Gasteiger partial charge in [-0.3, -0.25) is 4.79 Å². The molecular formula is C15H17N3O2. The first-order valence-corrected chi connectivity index (χ1v) is 6.63. The van der Waals surface area contributed by atoms with Gasteiger partial charge in [-0.25, -0.2) is 5.01 Å². The van der Waals surface area contributed by atoms with Crippen molar-refractivity contribution in [3.63, 3.8) is 0 Å². The molecule has 0 saturated heterocycles. The SMILES string of the molecule is CC1=NN(C)C(=O)[C@@H]2C(c3c(C)cccc3C)=NO[C@H]12. The predicted molar refractivity (Wildman–Crippen MR) is 76.7 cm³/mol. The Hall–Kier alpha value is -2.17. The van der Waals surface area contributed by atoms with Gasteiger partial charge < -0.3 is 4.84 Å². The van der Waals surface area contributed by atoms with Gasteiger partial charge >= 0.3 is 0 Å². The maximum Gasteiger partial charge on any atom is 0.256 e. The van der Waals surface area contributed by atoms with Crippen LogP contribution < -0.4 is 0 Å². The summed E-state index contributed by atoms with van der Waals surface area (Å²) in [5, 5.41) is 9.76. The molecule has 0 saturated carbocycles. The standard InChI is InChI=1S/C15H17N3O2/c1-8-6-5-7-9(2)11(8)13-12-14(20-17-13)10(3)16-18(4)15(12)19/h5-7,12,14H,1-4H3/t12-,14-/m1/s1. The summed E-state index contributed by atoms with van der Waals surface area (Å²) in [6.45, 7) is 5.91. The smallest absolute Gasteiger partial charge is 0.256 e. The maximum absolute atomic E-state index is 12.4. The Morgan fingerprint density at radius 3 is 2.50 bits per heavy atom. The molecule has 2 aliphatic rings. The van der Waals surface area contributed by atoms with E-state index in [0.717, 1.165) is 28.1 Å². The van der Waals surface area contributed by atoms with Crippen molar-refractivity contribution in [2.24, 2.45) is 16.2 Å². The van der Waals surface area contributed by atoms with Crippen LogP contribution in [0.3, 0.4) is 0 Å². The first-order valence-electron chi connectivity index (χ1n) is 6.63.